The average Bonchev–Trinajstić information content (AvgIpc) is 2.49. The Morgan fingerprint density at radius 3 is 2.67 bits per heavy atom. The molecule has 21 heavy (non-hydrogen) atoms. The topological polar surface area (TPSA) is 61.8 Å². The van der Waals surface area contributed by atoms with Crippen molar-refractivity contribution in [2.45, 2.75) is 32.3 Å². The summed E-state index contributed by atoms with van der Waals surface area (Å²) in [7, 11) is 3.37. The molecule has 118 valence electrons. The number of nitrogens with one attached hydrogen (secondary N) is 1. The zero-order chi connectivity index (χ0) is 15.8. The first-order valence-electron chi connectivity index (χ1n) is 7.25. The minimum absolute atomic E-state index is 0.127. The Labute approximate surface area is 126 Å². The number of ether oxygens (including phenoxy) is 1. The van der Waals surface area contributed by atoms with E-state index in [1.54, 1.807) is 26.0 Å². The first kappa shape index (κ1) is 17.3. The van der Waals surface area contributed by atoms with Crippen molar-refractivity contribution >= 4 is 6.03 Å². The highest BCUT2D eigenvalue weighted by atomic mass is 16.5. The van der Waals surface area contributed by atoms with Crippen LogP contribution in [-0.2, 0) is 0 Å². The lowest BCUT2D eigenvalue weighted by atomic mass is 10.0. The normalized spacial score (nSPS) is 13.4. The molecular formula is C16H26N2O3. The molecule has 2 N–H and O–H groups in total. The fraction of sp³-hybridized carbons (Fsp3) is 0.562. The number of aliphatic hydroxyl groups is 1. The van der Waals surface area contributed by atoms with E-state index in [0.29, 0.717) is 19.5 Å². The summed E-state index contributed by atoms with van der Waals surface area (Å²) in [6, 6.07) is 7.69. The van der Waals surface area contributed by atoms with Gasteiger partial charge in [0.2, 0.25) is 0 Å². The molecule has 2 unspecified atom stereocenters. The van der Waals surface area contributed by atoms with Crippen LogP contribution in [0.15, 0.2) is 24.3 Å². The van der Waals surface area contributed by atoms with E-state index in [4.69, 9.17) is 4.74 Å². The van der Waals surface area contributed by atoms with Gasteiger partial charge in [-0.3, -0.25) is 0 Å². The Balaban J connectivity index is 2.48. The molecule has 0 saturated heterocycles. The van der Waals surface area contributed by atoms with Crippen LogP contribution in [0.3, 0.4) is 0 Å². The van der Waals surface area contributed by atoms with Crippen LogP contribution in [0.5, 0.6) is 5.75 Å². The number of para-hydroxylation sites is 1. The third kappa shape index (κ3) is 5.63. The maximum Gasteiger partial charge on any atom is 0.317 e. The van der Waals surface area contributed by atoms with Crippen molar-refractivity contribution in [3.63, 3.8) is 0 Å². The largest absolute Gasteiger partial charge is 0.496 e. The Hall–Kier alpha value is -1.75. The molecular weight excluding hydrogens is 268 g/mol. The third-order valence-corrected chi connectivity index (χ3v) is 3.46. The molecule has 5 nitrogen and oxygen atoms in total. The maximum atomic E-state index is 11.9. The highest BCUT2D eigenvalue weighted by Gasteiger charge is 2.14. The first-order valence-corrected chi connectivity index (χ1v) is 7.25. The smallest absolute Gasteiger partial charge is 0.317 e. The van der Waals surface area contributed by atoms with Crippen LogP contribution in [0.1, 0.15) is 31.7 Å². The molecule has 1 aromatic rings. The lowest BCUT2D eigenvalue weighted by Crippen LogP contribution is -2.40. The number of rotatable bonds is 7. The third-order valence-electron chi connectivity index (χ3n) is 3.46. The molecule has 0 radical (unpaired) electrons. The predicted octanol–water partition coefficient (Wildman–Crippen LogP) is 2.21. The summed E-state index contributed by atoms with van der Waals surface area (Å²) < 4.78 is 5.33. The van der Waals surface area contributed by atoms with Crippen molar-refractivity contribution in [1.82, 2.24) is 10.2 Å². The summed E-state index contributed by atoms with van der Waals surface area (Å²) in [6.45, 7) is 4.84. The summed E-state index contributed by atoms with van der Waals surface area (Å²) in [5, 5.41) is 12.1. The fourth-order valence-electron chi connectivity index (χ4n) is 2.04. The number of hydrogen-bond donors (Lipinski definition) is 2. The van der Waals surface area contributed by atoms with Crippen molar-refractivity contribution in [3.8, 4) is 5.75 Å². The lowest BCUT2D eigenvalue weighted by molar-refractivity contribution is 0.163. The number of hydrogen-bond acceptors (Lipinski definition) is 3. The van der Waals surface area contributed by atoms with Gasteiger partial charge in [0.15, 0.2) is 0 Å². The number of nitrogens with zero attached hydrogens (tertiary/aromatic N) is 1. The summed E-state index contributed by atoms with van der Waals surface area (Å²) >= 11 is 0. The van der Waals surface area contributed by atoms with Crippen LogP contribution in [0.2, 0.25) is 0 Å². The van der Waals surface area contributed by atoms with Crippen molar-refractivity contribution in [1.29, 1.82) is 0 Å². The van der Waals surface area contributed by atoms with Crippen molar-refractivity contribution < 1.29 is 14.6 Å². The molecule has 1 aromatic carbocycles. The second kappa shape index (κ2) is 8.52. The Bertz CT molecular complexity index is 449. The molecule has 0 aliphatic carbocycles. The molecule has 0 bridgehead atoms. The summed E-state index contributed by atoms with van der Waals surface area (Å²) in [4.78, 5) is 13.5. The maximum absolute atomic E-state index is 11.9. The van der Waals surface area contributed by atoms with Gasteiger partial charge in [-0.1, -0.05) is 25.1 Å². The van der Waals surface area contributed by atoms with Crippen LogP contribution in [0.25, 0.3) is 0 Å². The molecule has 0 aliphatic rings. The zero-order valence-electron chi connectivity index (χ0n) is 13.3. The van der Waals surface area contributed by atoms with E-state index in [9.17, 15) is 9.90 Å². The van der Waals surface area contributed by atoms with Gasteiger partial charge in [-0.25, -0.2) is 4.79 Å². The second-order valence-corrected chi connectivity index (χ2v) is 5.39. The van der Waals surface area contributed by atoms with Gasteiger partial charge in [0.1, 0.15) is 5.75 Å². The Morgan fingerprint density at radius 1 is 1.38 bits per heavy atom. The van der Waals surface area contributed by atoms with Gasteiger partial charge in [0, 0.05) is 26.1 Å². The number of carbonyl (C=O) groups excluding carboxylic acids is 1. The van der Waals surface area contributed by atoms with Crippen LogP contribution < -0.4 is 10.1 Å². The minimum Gasteiger partial charge on any atom is -0.496 e. The van der Waals surface area contributed by atoms with Gasteiger partial charge in [0.25, 0.3) is 0 Å². The van der Waals surface area contributed by atoms with Crippen LogP contribution >= 0.6 is 0 Å². The Morgan fingerprint density at radius 2 is 2.05 bits per heavy atom. The van der Waals surface area contributed by atoms with E-state index in [-0.39, 0.29) is 11.9 Å². The second-order valence-electron chi connectivity index (χ2n) is 5.39. The van der Waals surface area contributed by atoms with Gasteiger partial charge in [-0.2, -0.15) is 0 Å². The zero-order valence-corrected chi connectivity index (χ0v) is 13.3. The molecule has 0 aliphatic heterocycles. The van der Waals surface area contributed by atoms with Crippen LogP contribution in [-0.4, -0.2) is 49.4 Å². The summed E-state index contributed by atoms with van der Waals surface area (Å²) in [5.41, 5.74) is 1.08. The number of urea groups is 1. The molecule has 2 atom stereocenters. The van der Waals surface area contributed by atoms with Crippen molar-refractivity contribution in [3.05, 3.63) is 29.8 Å². The number of amides is 2. The highest BCUT2D eigenvalue weighted by molar-refractivity contribution is 5.73. The van der Waals surface area contributed by atoms with Gasteiger partial charge in [0.05, 0.1) is 13.2 Å². The van der Waals surface area contributed by atoms with E-state index in [1.807, 2.05) is 31.2 Å². The quantitative estimate of drug-likeness (QED) is 0.810. The molecule has 0 aromatic heterocycles. The molecule has 0 spiro atoms. The molecule has 0 heterocycles. The molecule has 5 heteroatoms. The van der Waals surface area contributed by atoms with E-state index < -0.39 is 6.10 Å². The fourth-order valence-corrected chi connectivity index (χ4v) is 2.04. The van der Waals surface area contributed by atoms with Gasteiger partial charge >= 0.3 is 6.03 Å². The van der Waals surface area contributed by atoms with Crippen molar-refractivity contribution in [2.24, 2.45) is 0 Å². The van der Waals surface area contributed by atoms with Crippen LogP contribution in [0.4, 0.5) is 4.79 Å². The van der Waals surface area contributed by atoms with Gasteiger partial charge in [-0.15, -0.1) is 0 Å². The summed E-state index contributed by atoms with van der Waals surface area (Å²) in [6.07, 6.45) is 0.180. The molecule has 0 fully saturated rings. The van der Waals surface area contributed by atoms with E-state index >= 15 is 0 Å². The first-order chi connectivity index (χ1) is 9.95. The molecule has 1 rings (SSSR count). The standard InChI is InChI=1S/C16H26N2O3/c1-12(14-7-5-6-8-15(14)21-4)11-17-16(20)18(3)10-9-13(2)19/h5-8,12-13,19H,9-11H2,1-4H3,(H,17,20). The number of benzene rings is 1. The number of carbonyl (C=O) groups is 1. The Kier molecular flexibility index (Phi) is 7.02. The average molecular weight is 294 g/mol. The van der Waals surface area contributed by atoms with Gasteiger partial charge in [-0.05, 0) is 25.0 Å². The minimum atomic E-state index is -0.396. The highest BCUT2D eigenvalue weighted by Crippen LogP contribution is 2.25. The SMILES string of the molecule is COc1ccccc1C(C)CNC(=O)N(C)CCC(C)O. The van der Waals surface area contributed by atoms with Crippen LogP contribution in [0, 0.1) is 0 Å². The lowest BCUT2D eigenvalue weighted by Gasteiger charge is -2.21. The van der Waals surface area contributed by atoms with Gasteiger partial charge < -0.3 is 20.1 Å². The number of aliphatic hydroxyl groups excluding tert-OH is 1. The molecule has 0 saturated carbocycles. The predicted molar refractivity (Wildman–Crippen MR) is 83.7 cm³/mol. The van der Waals surface area contributed by atoms with E-state index in [1.165, 1.54) is 0 Å². The summed E-state index contributed by atoms with van der Waals surface area (Å²) in [5.74, 6) is 0.997. The van der Waals surface area contributed by atoms with E-state index in [2.05, 4.69) is 5.32 Å². The molecule has 2 amide bonds. The monoisotopic (exact) mass is 294 g/mol. The van der Waals surface area contributed by atoms with Crippen molar-refractivity contribution in [2.75, 3.05) is 27.2 Å². The van der Waals surface area contributed by atoms with E-state index in [0.717, 1.165) is 11.3 Å². The number of methoxy groups -OCH3 is 1.